The van der Waals surface area contributed by atoms with Crippen molar-refractivity contribution in [2.45, 2.75) is 71.8 Å². The van der Waals surface area contributed by atoms with Crippen LogP contribution < -0.4 is 0 Å². The van der Waals surface area contributed by atoms with Gasteiger partial charge in [-0.2, -0.15) is 0 Å². The van der Waals surface area contributed by atoms with Crippen LogP contribution in [-0.4, -0.2) is 10.4 Å². The van der Waals surface area contributed by atoms with Gasteiger partial charge < -0.3 is 4.57 Å². The summed E-state index contributed by atoms with van der Waals surface area (Å²) in [5, 5.41) is 1.17. The summed E-state index contributed by atoms with van der Waals surface area (Å²) in [6, 6.07) is 8.14. The molecule has 0 amide bonds. The van der Waals surface area contributed by atoms with Gasteiger partial charge in [0.15, 0.2) is 5.78 Å². The van der Waals surface area contributed by atoms with E-state index in [0.29, 0.717) is 0 Å². The monoisotopic (exact) mass is 299 g/mol. The van der Waals surface area contributed by atoms with Crippen LogP contribution in [0.3, 0.4) is 0 Å². The van der Waals surface area contributed by atoms with E-state index < -0.39 is 0 Å². The summed E-state index contributed by atoms with van der Waals surface area (Å²) < 4.78 is 2.32. The fraction of sp³-hybridized carbons (Fsp3) is 0.550. The van der Waals surface area contributed by atoms with Gasteiger partial charge in [0.05, 0.1) is 0 Å². The molecule has 0 spiro atoms. The lowest BCUT2D eigenvalue weighted by atomic mass is 10.1. The molecule has 1 aromatic heterocycles. The molecular weight excluding hydrogens is 270 g/mol. The SMILES string of the molecule is CCCCCCCCCCn1ccc2cc(C(C)=O)ccc21. The van der Waals surface area contributed by atoms with Gasteiger partial charge in [0.25, 0.3) is 0 Å². The summed E-state index contributed by atoms with van der Waals surface area (Å²) in [5.74, 6) is 0.137. The molecule has 0 N–H and O–H groups in total. The fourth-order valence-electron chi connectivity index (χ4n) is 3.03. The zero-order valence-electron chi connectivity index (χ0n) is 14.1. The number of Topliss-reactive ketones (excluding diaryl/α,β-unsaturated/α-hetero) is 1. The van der Waals surface area contributed by atoms with Crippen LogP contribution in [0.2, 0.25) is 0 Å². The minimum absolute atomic E-state index is 0.137. The Morgan fingerprint density at radius 3 is 2.32 bits per heavy atom. The number of hydrogen-bond donors (Lipinski definition) is 0. The maximum absolute atomic E-state index is 11.4. The first-order valence-electron chi connectivity index (χ1n) is 8.82. The Kier molecular flexibility index (Phi) is 6.70. The first-order chi connectivity index (χ1) is 10.7. The van der Waals surface area contributed by atoms with Gasteiger partial charge >= 0.3 is 0 Å². The Morgan fingerprint density at radius 2 is 1.64 bits per heavy atom. The molecule has 0 bridgehead atoms. The van der Waals surface area contributed by atoms with Crippen molar-refractivity contribution in [3.8, 4) is 0 Å². The minimum Gasteiger partial charge on any atom is -0.347 e. The molecule has 1 heterocycles. The molecular formula is C20H29NO. The number of carbonyl (C=O) groups is 1. The molecule has 2 heteroatoms. The first kappa shape index (κ1) is 16.8. The molecule has 0 atom stereocenters. The summed E-state index contributed by atoms with van der Waals surface area (Å²) in [6.07, 6.45) is 13.0. The average molecular weight is 299 g/mol. The summed E-state index contributed by atoms with van der Waals surface area (Å²) in [5.41, 5.74) is 2.05. The van der Waals surface area contributed by atoms with E-state index in [-0.39, 0.29) is 5.78 Å². The van der Waals surface area contributed by atoms with Gasteiger partial charge in [-0.1, -0.05) is 51.9 Å². The summed E-state index contributed by atoms with van der Waals surface area (Å²) >= 11 is 0. The second kappa shape index (κ2) is 8.77. The Hall–Kier alpha value is -1.57. The van der Waals surface area contributed by atoms with Crippen molar-refractivity contribution in [3.63, 3.8) is 0 Å². The van der Waals surface area contributed by atoms with Gasteiger partial charge in [0, 0.05) is 29.2 Å². The Morgan fingerprint density at radius 1 is 0.955 bits per heavy atom. The molecule has 1 aromatic carbocycles. The number of ketones is 1. The quantitative estimate of drug-likeness (QED) is 0.390. The van der Waals surface area contributed by atoms with Crippen LogP contribution in [0, 0.1) is 0 Å². The highest BCUT2D eigenvalue weighted by molar-refractivity contribution is 5.98. The highest BCUT2D eigenvalue weighted by Crippen LogP contribution is 2.19. The molecule has 0 saturated carbocycles. The van der Waals surface area contributed by atoms with Gasteiger partial charge in [-0.05, 0) is 37.6 Å². The number of rotatable bonds is 10. The normalized spacial score (nSPS) is 11.2. The van der Waals surface area contributed by atoms with Crippen LogP contribution >= 0.6 is 0 Å². The summed E-state index contributed by atoms with van der Waals surface area (Å²) in [4.78, 5) is 11.4. The molecule has 2 aromatic rings. The van der Waals surface area contributed by atoms with Crippen molar-refractivity contribution in [2.75, 3.05) is 0 Å². The number of hydrogen-bond acceptors (Lipinski definition) is 1. The van der Waals surface area contributed by atoms with E-state index in [4.69, 9.17) is 0 Å². The second-order valence-corrected chi connectivity index (χ2v) is 6.31. The van der Waals surface area contributed by atoms with Gasteiger partial charge in [0.1, 0.15) is 0 Å². The molecule has 0 radical (unpaired) electrons. The van der Waals surface area contributed by atoms with Crippen LogP contribution in [0.15, 0.2) is 30.5 Å². The van der Waals surface area contributed by atoms with Crippen LogP contribution in [0.25, 0.3) is 10.9 Å². The van der Waals surface area contributed by atoms with Crippen LogP contribution in [-0.2, 0) is 6.54 Å². The highest BCUT2D eigenvalue weighted by Gasteiger charge is 2.04. The third kappa shape index (κ3) is 4.72. The predicted octanol–water partition coefficient (Wildman–Crippen LogP) is 5.98. The number of aromatic nitrogens is 1. The van der Waals surface area contributed by atoms with Gasteiger partial charge in [0.2, 0.25) is 0 Å². The van der Waals surface area contributed by atoms with Gasteiger partial charge in [-0.3, -0.25) is 4.79 Å². The van der Waals surface area contributed by atoms with E-state index in [1.54, 1.807) is 6.92 Å². The smallest absolute Gasteiger partial charge is 0.159 e. The molecule has 120 valence electrons. The molecule has 0 aliphatic rings. The average Bonchev–Trinajstić information content (AvgIpc) is 2.92. The topological polar surface area (TPSA) is 22.0 Å². The zero-order valence-corrected chi connectivity index (χ0v) is 14.1. The Balaban J connectivity index is 1.76. The van der Waals surface area contributed by atoms with E-state index >= 15 is 0 Å². The third-order valence-electron chi connectivity index (χ3n) is 4.43. The van der Waals surface area contributed by atoms with Gasteiger partial charge in [-0.15, -0.1) is 0 Å². The van der Waals surface area contributed by atoms with Crippen molar-refractivity contribution < 1.29 is 4.79 Å². The minimum atomic E-state index is 0.137. The standard InChI is InChI=1S/C20H29NO/c1-3-4-5-6-7-8-9-10-14-21-15-13-19-16-18(17(2)22)11-12-20(19)21/h11-13,15-16H,3-10,14H2,1-2H3. The summed E-state index contributed by atoms with van der Waals surface area (Å²) in [7, 11) is 0. The molecule has 2 nitrogen and oxygen atoms in total. The Bertz CT molecular complexity index is 597. The molecule has 22 heavy (non-hydrogen) atoms. The number of benzene rings is 1. The molecule has 0 aliphatic heterocycles. The van der Waals surface area contributed by atoms with Crippen molar-refractivity contribution in [3.05, 3.63) is 36.0 Å². The number of aryl methyl sites for hydroxylation is 1. The van der Waals surface area contributed by atoms with E-state index in [1.165, 1.54) is 62.3 Å². The summed E-state index contributed by atoms with van der Waals surface area (Å²) in [6.45, 7) is 4.97. The third-order valence-corrected chi connectivity index (χ3v) is 4.43. The van der Waals surface area contributed by atoms with Gasteiger partial charge in [-0.25, -0.2) is 0 Å². The first-order valence-corrected chi connectivity index (χ1v) is 8.82. The highest BCUT2D eigenvalue weighted by atomic mass is 16.1. The molecule has 0 fully saturated rings. The lowest BCUT2D eigenvalue weighted by Crippen LogP contribution is -1.97. The van der Waals surface area contributed by atoms with Crippen molar-refractivity contribution >= 4 is 16.7 Å². The molecule has 0 aliphatic carbocycles. The van der Waals surface area contributed by atoms with Crippen molar-refractivity contribution in [1.29, 1.82) is 0 Å². The molecule has 2 rings (SSSR count). The maximum atomic E-state index is 11.4. The number of fused-ring (bicyclic) bond motifs is 1. The second-order valence-electron chi connectivity index (χ2n) is 6.31. The zero-order chi connectivity index (χ0) is 15.8. The van der Waals surface area contributed by atoms with E-state index in [9.17, 15) is 4.79 Å². The fourth-order valence-corrected chi connectivity index (χ4v) is 3.03. The van der Waals surface area contributed by atoms with E-state index in [0.717, 1.165) is 12.1 Å². The molecule has 0 saturated heterocycles. The van der Waals surface area contributed by atoms with Crippen molar-refractivity contribution in [1.82, 2.24) is 4.57 Å². The predicted molar refractivity (Wildman–Crippen MR) is 94.6 cm³/mol. The van der Waals surface area contributed by atoms with E-state index in [1.807, 2.05) is 12.1 Å². The van der Waals surface area contributed by atoms with E-state index in [2.05, 4.69) is 29.8 Å². The van der Waals surface area contributed by atoms with Crippen LogP contribution in [0.5, 0.6) is 0 Å². The largest absolute Gasteiger partial charge is 0.347 e. The maximum Gasteiger partial charge on any atom is 0.159 e. The lowest BCUT2D eigenvalue weighted by Gasteiger charge is -2.06. The van der Waals surface area contributed by atoms with Crippen LogP contribution in [0.4, 0.5) is 0 Å². The number of unbranched alkanes of at least 4 members (excludes halogenated alkanes) is 7. The number of nitrogens with zero attached hydrogens (tertiary/aromatic N) is 1. The molecule has 0 unspecified atom stereocenters. The number of carbonyl (C=O) groups excluding carboxylic acids is 1. The lowest BCUT2D eigenvalue weighted by molar-refractivity contribution is 0.101. The Labute approximate surface area is 134 Å². The van der Waals surface area contributed by atoms with Crippen LogP contribution in [0.1, 0.15) is 75.6 Å². The van der Waals surface area contributed by atoms with Crippen molar-refractivity contribution in [2.24, 2.45) is 0 Å².